The maximum Gasteiger partial charge on any atom is 0.246 e. The van der Waals surface area contributed by atoms with Crippen molar-refractivity contribution < 1.29 is 14.0 Å². The van der Waals surface area contributed by atoms with Crippen molar-refractivity contribution in [2.24, 2.45) is 16.8 Å². The Bertz CT molecular complexity index is 1110. The number of amides is 2. The molecule has 2 heterocycles. The molecule has 37 heavy (non-hydrogen) atoms. The van der Waals surface area contributed by atoms with E-state index in [9.17, 15) is 14.0 Å². The smallest absolute Gasteiger partial charge is 0.246 e. The van der Waals surface area contributed by atoms with Gasteiger partial charge in [-0.3, -0.25) is 19.5 Å². The Kier molecular flexibility index (Phi) is 9.65. The van der Waals surface area contributed by atoms with E-state index >= 15 is 0 Å². The minimum Gasteiger partial charge on any atom is -0.353 e. The largest absolute Gasteiger partial charge is 0.353 e. The van der Waals surface area contributed by atoms with Gasteiger partial charge in [0.2, 0.25) is 12.3 Å². The van der Waals surface area contributed by atoms with Crippen LogP contribution in [0.1, 0.15) is 51.8 Å². The first kappa shape index (κ1) is 28.6. The van der Waals surface area contributed by atoms with E-state index in [0.717, 1.165) is 6.41 Å². The number of piperazine rings is 1. The molecular formula is C28H37ClFN5O2. The quantitative estimate of drug-likeness (QED) is 0.203. The van der Waals surface area contributed by atoms with Crippen molar-refractivity contribution >= 4 is 41.1 Å². The molecule has 7 nitrogen and oxygen atoms in total. The molecule has 0 radical (unpaired) electrons. The highest BCUT2D eigenvalue weighted by atomic mass is 35.5. The molecule has 1 aromatic heterocycles. The molecule has 1 saturated heterocycles. The van der Waals surface area contributed by atoms with Crippen LogP contribution in [0.15, 0.2) is 41.7 Å². The monoisotopic (exact) mass is 529 g/mol. The van der Waals surface area contributed by atoms with Gasteiger partial charge in [-0.15, -0.1) is 0 Å². The number of anilines is 1. The zero-order chi connectivity index (χ0) is 27.3. The Morgan fingerprint density at radius 2 is 1.73 bits per heavy atom. The van der Waals surface area contributed by atoms with Crippen LogP contribution in [-0.4, -0.2) is 72.2 Å². The molecule has 0 bridgehead atoms. The third kappa shape index (κ3) is 6.12. The zero-order valence-electron chi connectivity index (χ0n) is 22.4. The van der Waals surface area contributed by atoms with Gasteiger partial charge in [0.25, 0.3) is 0 Å². The van der Waals surface area contributed by atoms with E-state index < -0.39 is 0 Å². The maximum absolute atomic E-state index is 14.8. The second-order valence-corrected chi connectivity index (χ2v) is 10.4. The van der Waals surface area contributed by atoms with Gasteiger partial charge >= 0.3 is 0 Å². The summed E-state index contributed by atoms with van der Waals surface area (Å²) < 4.78 is 14.8. The lowest BCUT2D eigenvalue weighted by atomic mass is 9.91. The van der Waals surface area contributed by atoms with Crippen LogP contribution in [0.25, 0.3) is 5.57 Å². The van der Waals surface area contributed by atoms with Gasteiger partial charge < -0.3 is 9.80 Å². The number of carbonyl (C=O) groups excluding carboxylic acids is 2. The number of hydrogen-bond acceptors (Lipinski definition) is 4. The molecule has 0 unspecified atom stereocenters. The van der Waals surface area contributed by atoms with Crippen LogP contribution >= 0.6 is 11.6 Å². The SMILES string of the molecule is C=CC(=O)N1CCN(/C(=N/C)c2cc(Cl)c(C3=CCCC=C3F)nc2N(C=O)C(C(C)C)C(C)C)CC1. The molecule has 0 aromatic carbocycles. The molecular weight excluding hydrogens is 493 g/mol. The summed E-state index contributed by atoms with van der Waals surface area (Å²) in [5.41, 5.74) is 1.25. The molecule has 0 saturated carbocycles. The number of hydrogen-bond donors (Lipinski definition) is 0. The van der Waals surface area contributed by atoms with Crippen LogP contribution in [0.2, 0.25) is 5.02 Å². The number of pyridine rings is 1. The van der Waals surface area contributed by atoms with Crippen LogP contribution in [0.4, 0.5) is 10.2 Å². The summed E-state index contributed by atoms with van der Waals surface area (Å²) in [6, 6.07) is 1.58. The number of amidine groups is 1. The third-order valence-corrected chi connectivity index (χ3v) is 7.16. The van der Waals surface area contributed by atoms with Crippen molar-refractivity contribution in [3.63, 3.8) is 0 Å². The van der Waals surface area contributed by atoms with E-state index in [1.165, 1.54) is 12.2 Å². The molecule has 0 spiro atoms. The second kappa shape index (κ2) is 12.5. The van der Waals surface area contributed by atoms with Gasteiger partial charge in [-0.25, -0.2) is 9.37 Å². The molecule has 2 amide bonds. The van der Waals surface area contributed by atoms with Crippen LogP contribution in [0.3, 0.4) is 0 Å². The van der Waals surface area contributed by atoms with E-state index in [1.807, 2.05) is 0 Å². The fourth-order valence-corrected chi connectivity index (χ4v) is 5.51. The summed E-state index contributed by atoms with van der Waals surface area (Å²) in [7, 11) is 1.68. The minimum absolute atomic E-state index is 0.107. The lowest BCUT2D eigenvalue weighted by Crippen LogP contribution is -2.51. The number of aromatic nitrogens is 1. The zero-order valence-corrected chi connectivity index (χ0v) is 23.1. The molecule has 1 aromatic rings. The van der Waals surface area contributed by atoms with Crippen LogP contribution < -0.4 is 4.90 Å². The Morgan fingerprint density at radius 1 is 1.14 bits per heavy atom. The first-order valence-corrected chi connectivity index (χ1v) is 13.2. The Labute approximate surface area is 224 Å². The lowest BCUT2D eigenvalue weighted by molar-refractivity contribution is -0.127. The second-order valence-electron chi connectivity index (χ2n) is 9.99. The number of allylic oxidation sites excluding steroid dienone is 4. The predicted molar refractivity (Wildman–Crippen MR) is 148 cm³/mol. The minimum atomic E-state index is -0.367. The average Bonchev–Trinajstić information content (AvgIpc) is 2.88. The number of carbonyl (C=O) groups is 2. The summed E-state index contributed by atoms with van der Waals surface area (Å²) in [5, 5.41) is 0.286. The van der Waals surface area contributed by atoms with Gasteiger partial charge in [0.1, 0.15) is 17.5 Å². The number of aliphatic imine (C=N–C) groups is 1. The molecule has 200 valence electrons. The predicted octanol–water partition coefficient (Wildman–Crippen LogP) is 5.12. The molecule has 3 rings (SSSR count). The van der Waals surface area contributed by atoms with Crippen molar-refractivity contribution in [3.8, 4) is 0 Å². The number of rotatable bonds is 8. The summed E-state index contributed by atoms with van der Waals surface area (Å²) in [5.74, 6) is 0.817. The van der Waals surface area contributed by atoms with Gasteiger partial charge in [-0.1, -0.05) is 52.0 Å². The van der Waals surface area contributed by atoms with E-state index in [2.05, 4.69) is 44.2 Å². The molecule has 0 atom stereocenters. The molecule has 1 fully saturated rings. The van der Waals surface area contributed by atoms with Crippen molar-refractivity contribution in [2.75, 3.05) is 38.1 Å². The van der Waals surface area contributed by atoms with E-state index in [-0.39, 0.29) is 34.6 Å². The van der Waals surface area contributed by atoms with Gasteiger partial charge in [0.05, 0.1) is 16.3 Å². The van der Waals surface area contributed by atoms with Crippen LogP contribution in [0.5, 0.6) is 0 Å². The van der Waals surface area contributed by atoms with E-state index in [1.54, 1.807) is 29.0 Å². The van der Waals surface area contributed by atoms with Crippen molar-refractivity contribution in [1.29, 1.82) is 0 Å². The normalized spacial score (nSPS) is 16.8. The van der Waals surface area contributed by atoms with E-state index in [0.29, 0.717) is 67.5 Å². The summed E-state index contributed by atoms with van der Waals surface area (Å²) in [6.45, 7) is 14.0. The molecule has 1 aliphatic heterocycles. The summed E-state index contributed by atoms with van der Waals surface area (Å²) in [4.78, 5) is 39.6. The number of halogens is 2. The summed E-state index contributed by atoms with van der Waals surface area (Å²) >= 11 is 6.73. The lowest BCUT2D eigenvalue weighted by Gasteiger charge is -2.38. The Hall–Kier alpha value is -3.00. The van der Waals surface area contributed by atoms with Crippen LogP contribution in [-0.2, 0) is 9.59 Å². The molecule has 0 N–H and O–H groups in total. The topological polar surface area (TPSA) is 69.1 Å². The van der Waals surface area contributed by atoms with Gasteiger partial charge in [0.15, 0.2) is 0 Å². The standard InChI is InChI=1S/C28H37ClFN5O2/c1-7-24(37)33-12-14-34(15-13-33)27(31-6)21-16-22(29)25(20-10-8-9-11-23(20)30)32-28(21)35(17-36)26(18(2)3)19(4)5/h7,10-11,16-19,26H,1,8-9,12-15H2,2-6H3/b31-27+. The van der Waals surface area contributed by atoms with Crippen LogP contribution in [0, 0.1) is 11.8 Å². The van der Waals surface area contributed by atoms with Crippen molar-refractivity contribution in [2.45, 2.75) is 46.6 Å². The first-order chi connectivity index (χ1) is 17.6. The average molecular weight is 530 g/mol. The maximum atomic E-state index is 14.8. The Balaban J connectivity index is 2.15. The van der Waals surface area contributed by atoms with E-state index in [4.69, 9.17) is 16.6 Å². The highest BCUT2D eigenvalue weighted by Gasteiger charge is 2.32. The third-order valence-electron chi connectivity index (χ3n) is 6.87. The molecule has 9 heteroatoms. The van der Waals surface area contributed by atoms with Gasteiger partial charge in [-0.05, 0) is 42.9 Å². The first-order valence-electron chi connectivity index (χ1n) is 12.8. The van der Waals surface area contributed by atoms with Gasteiger partial charge in [-0.2, -0.15) is 0 Å². The van der Waals surface area contributed by atoms with Crippen molar-refractivity contribution in [3.05, 3.63) is 53.0 Å². The summed E-state index contributed by atoms with van der Waals surface area (Å²) in [6.07, 6.45) is 6.75. The molecule has 1 aliphatic carbocycles. The number of nitrogens with zero attached hydrogens (tertiary/aromatic N) is 5. The Morgan fingerprint density at radius 3 is 2.24 bits per heavy atom. The fourth-order valence-electron chi connectivity index (χ4n) is 5.26. The van der Waals surface area contributed by atoms with Crippen molar-refractivity contribution in [1.82, 2.24) is 14.8 Å². The van der Waals surface area contributed by atoms with Gasteiger partial charge in [0, 0.05) is 44.8 Å². The highest BCUT2D eigenvalue weighted by molar-refractivity contribution is 6.33. The fraction of sp³-hybridized carbons (Fsp3) is 0.500. The molecule has 2 aliphatic rings. The highest BCUT2D eigenvalue weighted by Crippen LogP contribution is 2.37.